The van der Waals surface area contributed by atoms with Gasteiger partial charge in [-0.05, 0) is 80.6 Å². The number of aryl methyl sites for hydroxylation is 1. The monoisotopic (exact) mass is 500 g/mol. The van der Waals surface area contributed by atoms with Crippen LogP contribution < -0.4 is 10.6 Å². The Morgan fingerprint density at radius 2 is 1.78 bits per heavy atom. The molecule has 2 unspecified atom stereocenters. The standard InChI is InChI=1S/C30H33FN4O2/c1-17-15-35(16-18(2)32-17)28(36)13-12-23-19(3)27(33-20(23)4)14-25-29-24(21-8-10-22(31)11-9-21)6-5-7-26(29)34-30(25)37/h5-11,14,17-18,32-33H,12-13,15-16H2,1-4H3,(H,34,37). The van der Waals surface area contributed by atoms with Crippen molar-refractivity contribution in [2.45, 2.75) is 52.6 Å². The Hall–Kier alpha value is -3.71. The number of anilines is 1. The van der Waals surface area contributed by atoms with Crippen LogP contribution in [0.2, 0.25) is 0 Å². The van der Waals surface area contributed by atoms with E-state index in [1.807, 2.05) is 43.0 Å². The molecule has 3 N–H and O–H groups in total. The third-order valence-corrected chi connectivity index (χ3v) is 7.40. The van der Waals surface area contributed by atoms with Crippen molar-refractivity contribution in [1.29, 1.82) is 0 Å². The fourth-order valence-corrected chi connectivity index (χ4v) is 5.66. The summed E-state index contributed by atoms with van der Waals surface area (Å²) >= 11 is 0. The second kappa shape index (κ2) is 9.98. The normalized spacial score (nSPS) is 20.3. The molecule has 1 fully saturated rings. The summed E-state index contributed by atoms with van der Waals surface area (Å²) in [6.07, 6.45) is 2.99. The minimum Gasteiger partial charge on any atom is -0.359 e. The van der Waals surface area contributed by atoms with E-state index in [-0.39, 0.29) is 17.6 Å². The zero-order valence-corrected chi connectivity index (χ0v) is 21.7. The molecule has 7 heteroatoms. The van der Waals surface area contributed by atoms with Gasteiger partial charge in [0.1, 0.15) is 5.82 Å². The van der Waals surface area contributed by atoms with Crippen molar-refractivity contribution in [3.63, 3.8) is 0 Å². The highest BCUT2D eigenvalue weighted by molar-refractivity contribution is 6.36. The number of fused-ring (bicyclic) bond motifs is 1. The summed E-state index contributed by atoms with van der Waals surface area (Å²) in [5, 5.41) is 6.43. The molecular weight excluding hydrogens is 467 g/mol. The number of piperazine rings is 1. The van der Waals surface area contributed by atoms with Crippen LogP contribution in [0.3, 0.4) is 0 Å². The van der Waals surface area contributed by atoms with Gasteiger partial charge in [0, 0.05) is 54.2 Å². The highest BCUT2D eigenvalue weighted by atomic mass is 19.1. The van der Waals surface area contributed by atoms with Crippen LogP contribution in [-0.4, -0.2) is 46.9 Å². The molecular formula is C30H33FN4O2. The van der Waals surface area contributed by atoms with Gasteiger partial charge >= 0.3 is 0 Å². The number of carbonyl (C=O) groups is 2. The lowest BCUT2D eigenvalue weighted by Crippen LogP contribution is -2.55. The molecule has 6 nitrogen and oxygen atoms in total. The van der Waals surface area contributed by atoms with E-state index < -0.39 is 0 Å². The molecule has 2 aliphatic heterocycles. The number of nitrogens with zero attached hydrogens (tertiary/aromatic N) is 1. The van der Waals surface area contributed by atoms with Crippen molar-refractivity contribution >= 4 is 29.2 Å². The minimum absolute atomic E-state index is 0.171. The first-order valence-corrected chi connectivity index (χ1v) is 12.9. The molecule has 3 aromatic rings. The molecule has 2 amide bonds. The molecule has 3 heterocycles. The molecule has 1 aromatic heterocycles. The number of hydrogen-bond donors (Lipinski definition) is 3. The summed E-state index contributed by atoms with van der Waals surface area (Å²) in [7, 11) is 0. The molecule has 37 heavy (non-hydrogen) atoms. The molecule has 2 atom stereocenters. The lowest BCUT2D eigenvalue weighted by atomic mass is 9.94. The van der Waals surface area contributed by atoms with Gasteiger partial charge < -0.3 is 20.5 Å². The smallest absolute Gasteiger partial charge is 0.256 e. The SMILES string of the molecule is Cc1[nH]c(C=C2C(=O)Nc3cccc(-c4ccc(F)cc4)c32)c(C)c1CCC(=O)N1CC(C)NC(C)C1. The zero-order valence-electron chi connectivity index (χ0n) is 21.7. The predicted octanol–water partition coefficient (Wildman–Crippen LogP) is 5.07. The van der Waals surface area contributed by atoms with Gasteiger partial charge in [-0.25, -0.2) is 4.39 Å². The lowest BCUT2D eigenvalue weighted by molar-refractivity contribution is -0.132. The number of H-pyrrole nitrogens is 1. The maximum absolute atomic E-state index is 13.5. The predicted molar refractivity (Wildman–Crippen MR) is 146 cm³/mol. The van der Waals surface area contributed by atoms with Crippen molar-refractivity contribution in [1.82, 2.24) is 15.2 Å². The molecule has 0 aliphatic carbocycles. The maximum atomic E-state index is 13.5. The van der Waals surface area contributed by atoms with Gasteiger partial charge in [-0.2, -0.15) is 0 Å². The fraction of sp³-hybridized carbons (Fsp3) is 0.333. The first kappa shape index (κ1) is 25.0. The molecule has 0 spiro atoms. The van der Waals surface area contributed by atoms with Gasteiger partial charge in [-0.1, -0.05) is 24.3 Å². The third kappa shape index (κ3) is 4.96. The highest BCUT2D eigenvalue weighted by Gasteiger charge is 2.28. The quantitative estimate of drug-likeness (QED) is 0.428. The number of hydrogen-bond acceptors (Lipinski definition) is 3. The second-order valence-electron chi connectivity index (χ2n) is 10.3. The summed E-state index contributed by atoms with van der Waals surface area (Å²) in [6, 6.07) is 12.6. The summed E-state index contributed by atoms with van der Waals surface area (Å²) in [5.74, 6) is -0.297. The van der Waals surface area contributed by atoms with Crippen LogP contribution in [0.5, 0.6) is 0 Å². The van der Waals surface area contributed by atoms with Crippen LogP contribution >= 0.6 is 0 Å². The molecule has 0 saturated carbocycles. The Labute approximate surface area is 217 Å². The number of halogens is 1. The molecule has 2 aliphatic rings. The average molecular weight is 501 g/mol. The summed E-state index contributed by atoms with van der Waals surface area (Å²) < 4.78 is 13.5. The zero-order chi connectivity index (χ0) is 26.3. The number of carbonyl (C=O) groups excluding carboxylic acids is 2. The van der Waals surface area contributed by atoms with E-state index in [0.717, 1.165) is 58.0 Å². The van der Waals surface area contributed by atoms with Gasteiger partial charge in [0.2, 0.25) is 5.91 Å². The molecule has 2 aromatic carbocycles. The van der Waals surface area contributed by atoms with Crippen LogP contribution in [0.15, 0.2) is 42.5 Å². The van der Waals surface area contributed by atoms with E-state index in [4.69, 9.17) is 0 Å². The average Bonchev–Trinajstić information content (AvgIpc) is 3.32. The number of aromatic nitrogens is 1. The Morgan fingerprint density at radius 3 is 2.49 bits per heavy atom. The molecule has 5 rings (SSSR count). The number of amides is 2. The number of aromatic amines is 1. The lowest BCUT2D eigenvalue weighted by Gasteiger charge is -2.36. The largest absolute Gasteiger partial charge is 0.359 e. The van der Waals surface area contributed by atoms with Crippen molar-refractivity contribution < 1.29 is 14.0 Å². The first-order valence-electron chi connectivity index (χ1n) is 12.9. The van der Waals surface area contributed by atoms with Gasteiger partial charge in [0.25, 0.3) is 5.91 Å². The van der Waals surface area contributed by atoms with Crippen LogP contribution in [-0.2, 0) is 16.0 Å². The molecule has 0 bridgehead atoms. The fourth-order valence-electron chi connectivity index (χ4n) is 5.66. The summed E-state index contributed by atoms with van der Waals surface area (Å²) in [4.78, 5) is 31.4. The molecule has 1 saturated heterocycles. The van der Waals surface area contributed by atoms with E-state index in [9.17, 15) is 14.0 Å². The summed E-state index contributed by atoms with van der Waals surface area (Å²) in [5.41, 5.74) is 7.84. The highest BCUT2D eigenvalue weighted by Crippen LogP contribution is 2.40. The van der Waals surface area contributed by atoms with Gasteiger partial charge in [-0.15, -0.1) is 0 Å². The third-order valence-electron chi connectivity index (χ3n) is 7.40. The topological polar surface area (TPSA) is 77.2 Å². The van der Waals surface area contributed by atoms with E-state index in [1.54, 1.807) is 12.1 Å². The number of rotatable bonds is 5. The number of nitrogens with one attached hydrogen (secondary N) is 3. The molecule has 0 radical (unpaired) electrons. The summed E-state index contributed by atoms with van der Waals surface area (Å²) in [6.45, 7) is 9.72. The van der Waals surface area contributed by atoms with E-state index in [0.29, 0.717) is 30.5 Å². The Balaban J connectivity index is 1.42. The van der Waals surface area contributed by atoms with Gasteiger partial charge in [0.15, 0.2) is 0 Å². The molecule has 192 valence electrons. The number of benzene rings is 2. The van der Waals surface area contributed by atoms with Gasteiger partial charge in [-0.3, -0.25) is 9.59 Å². The van der Waals surface area contributed by atoms with E-state index in [2.05, 4.69) is 29.5 Å². The maximum Gasteiger partial charge on any atom is 0.256 e. The Morgan fingerprint density at radius 1 is 1.08 bits per heavy atom. The van der Waals surface area contributed by atoms with E-state index in [1.165, 1.54) is 12.1 Å². The van der Waals surface area contributed by atoms with E-state index >= 15 is 0 Å². The van der Waals surface area contributed by atoms with Crippen molar-refractivity contribution in [2.24, 2.45) is 0 Å². The minimum atomic E-state index is -0.300. The Kier molecular flexibility index (Phi) is 6.73. The Bertz CT molecular complexity index is 1380. The van der Waals surface area contributed by atoms with Crippen molar-refractivity contribution in [3.8, 4) is 11.1 Å². The first-order chi connectivity index (χ1) is 17.7. The van der Waals surface area contributed by atoms with Crippen LogP contribution in [0, 0.1) is 19.7 Å². The van der Waals surface area contributed by atoms with Crippen LogP contribution in [0.4, 0.5) is 10.1 Å². The van der Waals surface area contributed by atoms with Crippen LogP contribution in [0.25, 0.3) is 22.8 Å². The van der Waals surface area contributed by atoms with Gasteiger partial charge in [0.05, 0.1) is 5.57 Å². The second-order valence-corrected chi connectivity index (χ2v) is 10.3. The van der Waals surface area contributed by atoms with Crippen molar-refractivity contribution in [3.05, 3.63) is 76.4 Å². The van der Waals surface area contributed by atoms with Crippen LogP contribution in [0.1, 0.15) is 48.3 Å². The van der Waals surface area contributed by atoms with Crippen molar-refractivity contribution in [2.75, 3.05) is 18.4 Å².